The Morgan fingerprint density at radius 1 is 0.786 bits per heavy atom. The van der Waals surface area contributed by atoms with Crippen LogP contribution < -0.4 is 0 Å². The molecular formula is C26H26Cl2N6O6S2. The molecule has 42 heavy (non-hydrogen) atoms. The molecule has 3 heterocycles. The summed E-state index contributed by atoms with van der Waals surface area (Å²) in [5.41, 5.74) is 5.50. The zero-order valence-electron chi connectivity index (χ0n) is 22.7. The number of aromatic nitrogens is 6. The Balaban J connectivity index is 0.000000162. The van der Waals surface area contributed by atoms with E-state index in [1.54, 1.807) is 6.07 Å². The summed E-state index contributed by atoms with van der Waals surface area (Å²) in [4.78, 5) is 11.3. The van der Waals surface area contributed by atoms with E-state index < -0.39 is 18.4 Å². The number of nitrogens with one attached hydrogen (secondary N) is 2. The molecule has 3 aromatic carbocycles. The molecule has 6 aromatic rings. The van der Waals surface area contributed by atoms with E-state index in [4.69, 9.17) is 23.7 Å². The van der Waals surface area contributed by atoms with Gasteiger partial charge in [-0.3, -0.25) is 19.5 Å². The van der Waals surface area contributed by atoms with Gasteiger partial charge < -0.3 is 0 Å². The van der Waals surface area contributed by atoms with Crippen molar-refractivity contribution in [2.24, 2.45) is 0 Å². The first-order chi connectivity index (χ1) is 19.6. The van der Waals surface area contributed by atoms with Gasteiger partial charge in [0, 0.05) is 55.8 Å². The summed E-state index contributed by atoms with van der Waals surface area (Å²) in [5.74, 6) is -0.0516. The highest BCUT2D eigenvalue weighted by atomic mass is 35.7. The van der Waals surface area contributed by atoms with Gasteiger partial charge in [0.05, 0.1) is 27.1 Å². The minimum absolute atomic E-state index is 0.0516. The minimum atomic E-state index is -4.19. The summed E-state index contributed by atoms with van der Waals surface area (Å²) in [7, 11) is 1.42. The Bertz CT molecular complexity index is 2080. The van der Waals surface area contributed by atoms with Crippen LogP contribution in [0.15, 0.2) is 71.6 Å². The van der Waals surface area contributed by atoms with Gasteiger partial charge in [0.25, 0.3) is 9.05 Å². The fourth-order valence-corrected chi connectivity index (χ4v) is 4.60. The van der Waals surface area contributed by atoms with Gasteiger partial charge >= 0.3 is 9.33 Å². The normalized spacial score (nSPS) is 11.2. The first-order valence-corrected chi connectivity index (χ1v) is 16.5. The zero-order chi connectivity index (χ0) is 31.2. The number of fused-ring (bicyclic) bond motifs is 3. The van der Waals surface area contributed by atoms with Gasteiger partial charge in [-0.05, 0) is 51.1 Å². The summed E-state index contributed by atoms with van der Waals surface area (Å²) in [6, 6.07) is 20.4. The van der Waals surface area contributed by atoms with Crippen molar-refractivity contribution in [1.82, 2.24) is 30.2 Å². The number of rotatable bonds is 1. The Morgan fingerprint density at radius 2 is 1.29 bits per heavy atom. The number of aryl methyl sites for hydroxylation is 3. The zero-order valence-corrected chi connectivity index (χ0v) is 25.8. The van der Waals surface area contributed by atoms with Crippen LogP contribution in [0.25, 0.3) is 32.7 Å². The molecule has 0 spiro atoms. The van der Waals surface area contributed by atoms with Crippen molar-refractivity contribution < 1.29 is 26.2 Å². The number of benzene rings is 3. The van der Waals surface area contributed by atoms with E-state index in [2.05, 4.69) is 42.2 Å². The number of aromatic amines is 2. The van der Waals surface area contributed by atoms with Crippen molar-refractivity contribution >= 4 is 78.4 Å². The quantitative estimate of drug-likeness (QED) is 0.148. The summed E-state index contributed by atoms with van der Waals surface area (Å²) in [5, 5.41) is 20.9. The summed E-state index contributed by atoms with van der Waals surface area (Å²) < 4.78 is 48.7. The highest BCUT2D eigenvalue weighted by molar-refractivity contribution is 8.13. The third-order valence-corrected chi connectivity index (χ3v) is 7.07. The summed E-state index contributed by atoms with van der Waals surface area (Å²) in [6.45, 7) is 7.26. The second-order valence-electron chi connectivity index (χ2n) is 8.78. The van der Waals surface area contributed by atoms with Crippen LogP contribution in [0.5, 0.6) is 0 Å². The van der Waals surface area contributed by atoms with Crippen LogP contribution in [0.1, 0.15) is 28.8 Å². The molecule has 0 radical (unpaired) electrons. The lowest BCUT2D eigenvalue weighted by atomic mass is 10.2. The van der Waals surface area contributed by atoms with Crippen LogP contribution in [0.2, 0.25) is 0 Å². The van der Waals surface area contributed by atoms with Crippen molar-refractivity contribution in [3.05, 3.63) is 83.8 Å². The molecule has 0 aliphatic carbocycles. The predicted octanol–water partition coefficient (Wildman–Crippen LogP) is 5.70. The van der Waals surface area contributed by atoms with Crippen LogP contribution in [0, 0.1) is 20.8 Å². The van der Waals surface area contributed by atoms with Gasteiger partial charge in [-0.1, -0.05) is 36.4 Å². The number of hydrogen-bond donors (Lipinski definition) is 3. The van der Waals surface area contributed by atoms with Gasteiger partial charge in [0.1, 0.15) is 0 Å². The monoisotopic (exact) mass is 652 g/mol. The van der Waals surface area contributed by atoms with Crippen molar-refractivity contribution in [2.45, 2.75) is 32.6 Å². The second kappa shape index (κ2) is 13.4. The van der Waals surface area contributed by atoms with E-state index in [0.29, 0.717) is 0 Å². The second-order valence-corrected chi connectivity index (χ2v) is 13.3. The Hall–Kier alpha value is -3.82. The number of nitrogens with zero attached hydrogens (tertiary/aromatic N) is 4. The van der Waals surface area contributed by atoms with Gasteiger partial charge in [0.2, 0.25) is 5.91 Å². The average Bonchev–Trinajstić information content (AvgIpc) is 3.59. The molecule has 3 N–H and O–H groups in total. The van der Waals surface area contributed by atoms with Crippen LogP contribution in [-0.4, -0.2) is 57.5 Å². The fourth-order valence-electron chi connectivity index (χ4n) is 3.82. The third-order valence-electron chi connectivity index (χ3n) is 5.72. The van der Waals surface area contributed by atoms with Crippen molar-refractivity contribution in [2.75, 3.05) is 0 Å². The van der Waals surface area contributed by atoms with Crippen LogP contribution in [-0.2, 0) is 18.4 Å². The minimum Gasteiger partial charge on any atom is -0.282 e. The number of carbonyl (C=O) groups excluding carboxylic acids is 1. The van der Waals surface area contributed by atoms with Gasteiger partial charge in [-0.25, -0.2) is 13.1 Å². The summed E-state index contributed by atoms with van der Waals surface area (Å²) >= 11 is 0. The Kier molecular flexibility index (Phi) is 10.5. The van der Waals surface area contributed by atoms with Gasteiger partial charge in [0.15, 0.2) is 0 Å². The predicted molar refractivity (Wildman–Crippen MR) is 163 cm³/mol. The molecule has 0 fully saturated rings. The molecule has 222 valence electrons. The number of para-hydroxylation sites is 2. The van der Waals surface area contributed by atoms with Gasteiger partial charge in [-0.15, -0.1) is 0 Å². The number of H-pyrrole nitrogens is 2. The molecule has 0 bridgehead atoms. The standard InChI is InChI=1S/C10H10N2O.C8H7ClN2O2S.C8H8N2.ClHO3S/c1-7-9-5-3-4-6-10(9)12(11-7)8(2)13;1-5-7-4-6(14(9,12)13)2-3-8(7)11-10-5;1-6-7-4-2-3-5-8(7)10-9-6;1-5(2,3)4/h3-6H,1-2H3;2-4H,1H3,(H,10,11);2-5H,1H3,(H,9,10);(H,2,3,4). The largest absolute Gasteiger partial charge is 0.353 e. The molecule has 0 atom stereocenters. The topological polar surface area (TPSA) is 181 Å². The number of halogens is 2. The molecule has 12 nitrogen and oxygen atoms in total. The van der Waals surface area contributed by atoms with E-state index in [0.717, 1.165) is 44.4 Å². The molecule has 0 saturated heterocycles. The van der Waals surface area contributed by atoms with Crippen molar-refractivity contribution in [1.29, 1.82) is 0 Å². The van der Waals surface area contributed by atoms with Crippen LogP contribution >= 0.6 is 21.4 Å². The lowest BCUT2D eigenvalue weighted by Crippen LogP contribution is -2.06. The lowest BCUT2D eigenvalue weighted by Gasteiger charge is -1.95. The molecule has 0 aliphatic rings. The first kappa shape index (κ1) is 32.7. The highest BCUT2D eigenvalue weighted by Crippen LogP contribution is 2.22. The van der Waals surface area contributed by atoms with Crippen LogP contribution in [0.3, 0.4) is 0 Å². The molecule has 0 amide bonds. The van der Waals surface area contributed by atoms with Gasteiger partial charge in [-0.2, -0.15) is 23.7 Å². The molecule has 0 unspecified atom stereocenters. The highest BCUT2D eigenvalue weighted by Gasteiger charge is 2.12. The third kappa shape index (κ3) is 8.84. The number of carbonyl (C=O) groups is 1. The van der Waals surface area contributed by atoms with E-state index in [-0.39, 0.29) is 10.8 Å². The maximum Gasteiger partial charge on any atom is 0.353 e. The average molecular weight is 654 g/mol. The molecule has 0 aliphatic heterocycles. The molecule has 16 heteroatoms. The van der Waals surface area contributed by atoms with Crippen LogP contribution in [0.4, 0.5) is 0 Å². The summed E-state index contributed by atoms with van der Waals surface area (Å²) in [6.07, 6.45) is 0. The Labute approximate surface area is 250 Å². The smallest absolute Gasteiger partial charge is 0.282 e. The van der Waals surface area contributed by atoms with E-state index in [1.165, 1.54) is 29.1 Å². The van der Waals surface area contributed by atoms with E-state index in [1.807, 2.05) is 63.2 Å². The maximum atomic E-state index is 11.2. The van der Waals surface area contributed by atoms with E-state index in [9.17, 15) is 13.2 Å². The number of hydrogen-bond acceptors (Lipinski definition) is 8. The molecule has 6 rings (SSSR count). The first-order valence-electron chi connectivity index (χ1n) is 12.0. The molecular weight excluding hydrogens is 627 g/mol. The van der Waals surface area contributed by atoms with E-state index >= 15 is 0 Å². The molecule has 0 saturated carbocycles. The SMILES string of the molecule is CC(=O)n1nc(C)c2ccccc21.Cc1[nH]nc2ccc(S(=O)(=O)Cl)cc12.Cc1[nH]nc2ccccc12.O=S(=O)(O)Cl. The van der Waals surface area contributed by atoms with Crippen molar-refractivity contribution in [3.63, 3.8) is 0 Å². The lowest BCUT2D eigenvalue weighted by molar-refractivity contribution is 0.0926. The Morgan fingerprint density at radius 3 is 1.83 bits per heavy atom. The fraction of sp³-hybridized carbons (Fsp3) is 0.154. The van der Waals surface area contributed by atoms with Crippen molar-refractivity contribution in [3.8, 4) is 0 Å². The molecule has 3 aromatic heterocycles. The maximum absolute atomic E-state index is 11.2.